The number of nitrogens with one attached hydrogen (secondary N) is 6. The molecule has 6 unspecified atom stereocenters. The Morgan fingerprint density at radius 1 is 0.330 bits per heavy atom. The van der Waals surface area contributed by atoms with Gasteiger partial charge < -0.3 is 77.2 Å². The summed E-state index contributed by atoms with van der Waals surface area (Å²) < 4.78 is 150. The highest BCUT2D eigenvalue weighted by Gasteiger charge is 2.26. The maximum Gasteiger partial charge on any atom is 0.295 e. The van der Waals surface area contributed by atoms with Crippen molar-refractivity contribution in [3.8, 4) is 0 Å². The molecule has 42 nitrogen and oxygen atoms in total. The molecular weight excluding hydrogens is 1630 g/mol. The quantitative estimate of drug-likeness (QED) is 0.00576. The average Bonchev–Trinajstić information content (AvgIpc) is 0.811. The summed E-state index contributed by atoms with van der Waals surface area (Å²) in [5, 5.41) is 107. The first-order valence-electron chi connectivity index (χ1n) is 33.8. The Labute approximate surface area is 666 Å². The van der Waals surface area contributed by atoms with Crippen LogP contribution in [0.3, 0.4) is 0 Å². The van der Waals surface area contributed by atoms with Gasteiger partial charge in [0.25, 0.3) is 40.5 Å². The summed E-state index contributed by atoms with van der Waals surface area (Å²) >= 11 is 0.991. The predicted molar refractivity (Wildman–Crippen MR) is 423 cm³/mol. The van der Waals surface area contributed by atoms with E-state index in [1.54, 1.807) is 6.07 Å². The van der Waals surface area contributed by atoms with Crippen LogP contribution in [-0.2, 0) is 59.2 Å². The number of anilines is 15. The molecule has 0 radical (unpaired) electrons. The van der Waals surface area contributed by atoms with E-state index in [9.17, 15) is 93.0 Å². The van der Waals surface area contributed by atoms with E-state index in [1.165, 1.54) is 159 Å². The predicted octanol–water partition coefficient (Wildman–Crippen LogP) is 7.59. The number of nitrogens with zero attached hydrogens (tertiary/aromatic N) is 12. The molecule has 616 valence electrons. The Morgan fingerprint density at radius 3 is 0.791 bits per heavy atom. The SMILES string of the molecule is CC(O)CN(CC(C)O)c1nc(Nc2ccc(S(=O)(=O)O)cc2)nc(Nc2ccc(/C=C/c3ccc(Nc4nc(Nc5ccc(/C=C/c6ccc(Nc7nc(Nc8ccc(S(=O)(=O)O)cc8)nc(N(CC(C)O)CC(C)O)n7)cc6S(=O)(=O)O)c(SOOO)c5)nc(N(CC(C)O)CC(C)O)n4)cc3S(=O)(=O)O)c(SOOO)c2)n1. The third-order valence-corrected chi connectivity index (χ3v) is 20.2. The Bertz CT molecular complexity index is 5390. The molecule has 0 aliphatic carbocycles. The van der Waals surface area contributed by atoms with Gasteiger partial charge in [-0.2, -0.15) is 78.5 Å². The van der Waals surface area contributed by atoms with Crippen molar-refractivity contribution in [1.29, 1.82) is 0 Å². The number of hydrogen-bond acceptors (Lipinski definition) is 40. The summed E-state index contributed by atoms with van der Waals surface area (Å²) in [5.41, 5.74) is 1.45. The number of benzene rings is 6. The Kier molecular flexibility index (Phi) is 30.5. The molecule has 0 bridgehead atoms. The standard InChI is InChI=1S/C67H78N18O24S6/c1-37(86)31-83(32-38(2)87)65-77-59(68-47-19-23-53(24-20-47)112(94,95)96)74-61(79-65)70-49-15-11-43(55(27-49)110-108-106-92)7-10-46-14-18-52(30-58(46)115(103,104)105)73-64-76-62(80-67(82-64)85(35-41(5)90)36-42(6)91)71-50-16-12-44(56(28-50)111-109-107-93)8-9-45-13-17-51(29-57(45)114(100,101)102)72-63-75-60(69-48-21-25-54(26-22-48)113(97,98)99)78-66(81-63)84(33-39(3)88)34-40(4)89/h7-30,37-42,86-93H,31-36H2,1-6H3,(H,94,95,96)(H,97,98,99)(H,100,101,102)(H,103,104,105)(H2,68,70,74,77,79)(H2,69,72,75,78,81)(H2,71,73,76,80,82)/b9-8+,10-7+. The molecule has 6 aromatic carbocycles. The summed E-state index contributed by atoms with van der Waals surface area (Å²) in [6, 6.07) is 26.5. The van der Waals surface area contributed by atoms with Crippen molar-refractivity contribution >= 4 is 177 Å². The van der Waals surface area contributed by atoms with Crippen molar-refractivity contribution in [2.45, 2.75) is 108 Å². The van der Waals surface area contributed by atoms with Crippen molar-refractivity contribution < 1.29 is 112 Å². The molecule has 0 saturated carbocycles. The largest absolute Gasteiger partial charge is 0.392 e. The van der Waals surface area contributed by atoms with Crippen LogP contribution < -0.4 is 46.6 Å². The van der Waals surface area contributed by atoms with Crippen molar-refractivity contribution in [2.75, 3.05) is 85.9 Å². The molecule has 0 saturated heterocycles. The van der Waals surface area contributed by atoms with Crippen LogP contribution in [0.5, 0.6) is 0 Å². The smallest absolute Gasteiger partial charge is 0.295 e. The zero-order valence-electron chi connectivity index (χ0n) is 61.1. The lowest BCUT2D eigenvalue weighted by Crippen LogP contribution is -2.37. The Hall–Kier alpha value is -10.1. The van der Waals surface area contributed by atoms with E-state index < -0.39 is 91.8 Å². The molecule has 48 heteroatoms. The Balaban J connectivity index is 0.996. The van der Waals surface area contributed by atoms with Gasteiger partial charge in [-0.15, -0.1) is 8.67 Å². The number of hydrogen-bond donors (Lipinski definition) is 18. The average molecular weight is 1710 g/mol. The summed E-state index contributed by atoms with van der Waals surface area (Å²) in [6.45, 7) is 8.47. The van der Waals surface area contributed by atoms with Crippen LogP contribution in [0.25, 0.3) is 24.3 Å². The van der Waals surface area contributed by atoms with Crippen LogP contribution >= 0.6 is 24.1 Å². The van der Waals surface area contributed by atoms with E-state index in [1.807, 2.05) is 0 Å². The molecule has 0 fully saturated rings. The Morgan fingerprint density at radius 2 is 0.557 bits per heavy atom. The fraction of sp³-hybridized carbons (Fsp3) is 0.269. The maximum absolute atomic E-state index is 13.3. The van der Waals surface area contributed by atoms with Gasteiger partial charge in [-0.25, -0.2) is 10.5 Å². The van der Waals surface area contributed by atoms with Gasteiger partial charge in [-0.05, 0) is 161 Å². The molecular formula is C67H78N18O24S6. The minimum absolute atomic E-state index is 0.00891. The lowest BCUT2D eigenvalue weighted by atomic mass is 10.1. The normalized spacial score (nSPS) is 13.7. The third-order valence-electron chi connectivity index (χ3n) is 15.3. The van der Waals surface area contributed by atoms with E-state index in [0.717, 1.165) is 36.4 Å². The van der Waals surface area contributed by atoms with Crippen LogP contribution in [0.1, 0.15) is 63.8 Å². The summed E-state index contributed by atoms with van der Waals surface area (Å²) in [4.78, 5) is 43.0. The molecule has 3 aromatic heterocycles. The molecule has 9 aromatic rings. The molecule has 6 atom stereocenters. The van der Waals surface area contributed by atoms with E-state index in [4.69, 9.17) is 8.67 Å². The van der Waals surface area contributed by atoms with Crippen LogP contribution in [0.15, 0.2) is 151 Å². The number of aromatic nitrogens is 9. The molecule has 9 rings (SSSR count). The van der Waals surface area contributed by atoms with Crippen molar-refractivity contribution in [3.05, 3.63) is 144 Å². The second kappa shape index (κ2) is 39.5. The van der Waals surface area contributed by atoms with Gasteiger partial charge in [0.05, 0.1) is 70.5 Å². The van der Waals surface area contributed by atoms with Gasteiger partial charge in [0.2, 0.25) is 53.5 Å². The number of aliphatic hydroxyl groups is 6. The summed E-state index contributed by atoms with van der Waals surface area (Å²) in [7, 11) is -19.2. The van der Waals surface area contributed by atoms with Gasteiger partial charge in [0, 0.05) is 83.2 Å². The molecule has 18 N–H and O–H groups in total. The lowest BCUT2D eigenvalue weighted by molar-refractivity contribution is -0.432. The van der Waals surface area contributed by atoms with Crippen LogP contribution in [0.4, 0.5) is 87.7 Å². The fourth-order valence-corrected chi connectivity index (χ4v) is 14.1. The van der Waals surface area contributed by atoms with Gasteiger partial charge in [-0.1, -0.05) is 58.6 Å². The van der Waals surface area contributed by atoms with Crippen LogP contribution in [-0.4, -0.2) is 214 Å². The summed E-state index contributed by atoms with van der Waals surface area (Å²) in [6.07, 6.45) is -0.284. The van der Waals surface area contributed by atoms with Gasteiger partial charge in [0.15, 0.2) is 0 Å². The molecule has 0 spiro atoms. The molecule has 0 aliphatic rings. The lowest BCUT2D eigenvalue weighted by Gasteiger charge is -2.26. The van der Waals surface area contributed by atoms with Crippen molar-refractivity contribution in [1.82, 2.24) is 44.9 Å². The highest BCUT2D eigenvalue weighted by atomic mass is 32.2. The first kappa shape index (κ1) is 88.8. The number of rotatable bonds is 41. The van der Waals surface area contributed by atoms with E-state index in [2.05, 4.69) is 86.8 Å². The monoisotopic (exact) mass is 1710 g/mol. The van der Waals surface area contributed by atoms with Crippen LogP contribution in [0, 0.1) is 0 Å². The zero-order chi connectivity index (χ0) is 83.7. The van der Waals surface area contributed by atoms with Gasteiger partial charge in [0.1, 0.15) is 9.79 Å². The highest BCUT2D eigenvalue weighted by Crippen LogP contribution is 2.36. The topological polar surface area (TPSA) is 614 Å². The van der Waals surface area contributed by atoms with Crippen LogP contribution in [0.2, 0.25) is 0 Å². The zero-order valence-corrected chi connectivity index (χ0v) is 66.0. The molecule has 115 heavy (non-hydrogen) atoms. The molecule has 0 aliphatic heterocycles. The van der Waals surface area contributed by atoms with E-state index in [0.29, 0.717) is 29.6 Å². The van der Waals surface area contributed by atoms with Crippen molar-refractivity contribution in [2.24, 2.45) is 0 Å². The first-order valence-corrected chi connectivity index (χ1v) is 41.0. The fourth-order valence-electron chi connectivity index (χ4n) is 10.7. The first-order chi connectivity index (χ1) is 54.2. The minimum Gasteiger partial charge on any atom is -0.392 e. The van der Waals surface area contributed by atoms with Gasteiger partial charge >= 0.3 is 0 Å². The van der Waals surface area contributed by atoms with E-state index >= 15 is 0 Å². The molecule has 0 amide bonds. The highest BCUT2D eigenvalue weighted by molar-refractivity contribution is 7.95. The third kappa shape index (κ3) is 27.0. The number of aliphatic hydroxyl groups excluding tert-OH is 6. The maximum atomic E-state index is 13.3. The van der Waals surface area contributed by atoms with Crippen molar-refractivity contribution in [3.63, 3.8) is 0 Å². The minimum atomic E-state index is -5.07. The summed E-state index contributed by atoms with van der Waals surface area (Å²) in [5.74, 6) is -1.27. The van der Waals surface area contributed by atoms with E-state index in [-0.39, 0.29) is 158 Å². The molecule has 3 heterocycles. The second-order valence-electron chi connectivity index (χ2n) is 25.5. The second-order valence-corrected chi connectivity index (χ2v) is 32.6. The van der Waals surface area contributed by atoms with Gasteiger partial charge in [-0.3, -0.25) is 18.2 Å².